The molecule has 0 aromatic carbocycles. The lowest BCUT2D eigenvalue weighted by molar-refractivity contribution is 0.0685. The fourth-order valence-electron chi connectivity index (χ4n) is 2.28. The molecule has 2 aromatic rings. The highest BCUT2D eigenvalue weighted by Gasteiger charge is 2.15. The van der Waals surface area contributed by atoms with Gasteiger partial charge in [-0.1, -0.05) is 5.16 Å². The monoisotopic (exact) mass is 278 g/mol. The summed E-state index contributed by atoms with van der Waals surface area (Å²) in [5.74, 6) is -0.522. The molecule has 6 heteroatoms. The summed E-state index contributed by atoms with van der Waals surface area (Å²) in [5, 5.41) is 15.4. The highest BCUT2D eigenvalue weighted by Crippen LogP contribution is 2.30. The maximum Gasteiger partial charge on any atom is 0.358 e. The van der Waals surface area contributed by atoms with Crippen molar-refractivity contribution < 1.29 is 14.4 Å². The van der Waals surface area contributed by atoms with E-state index in [1.165, 1.54) is 40.6 Å². The minimum absolute atomic E-state index is 0.0492. The first-order valence-corrected chi connectivity index (χ1v) is 7.04. The summed E-state index contributed by atoms with van der Waals surface area (Å²) in [6.07, 6.45) is 3.70. The summed E-state index contributed by atoms with van der Waals surface area (Å²) in [6.45, 7) is 1.27. The van der Waals surface area contributed by atoms with E-state index < -0.39 is 5.97 Å². The first-order valence-electron chi connectivity index (χ1n) is 6.22. The van der Waals surface area contributed by atoms with Gasteiger partial charge in [-0.2, -0.15) is 0 Å². The maximum absolute atomic E-state index is 10.6. The van der Waals surface area contributed by atoms with Gasteiger partial charge < -0.3 is 14.9 Å². The molecule has 0 saturated heterocycles. The second-order valence-electron chi connectivity index (χ2n) is 4.60. The first-order chi connectivity index (χ1) is 9.22. The fraction of sp³-hybridized carbons (Fsp3) is 0.385. The molecule has 0 spiro atoms. The molecular formula is C13H14N2O3S. The summed E-state index contributed by atoms with van der Waals surface area (Å²) < 4.78 is 4.94. The summed E-state index contributed by atoms with van der Waals surface area (Å²) in [7, 11) is 0. The first kappa shape index (κ1) is 12.4. The van der Waals surface area contributed by atoms with Crippen LogP contribution in [0.2, 0.25) is 0 Å². The summed E-state index contributed by atoms with van der Waals surface area (Å²) in [4.78, 5) is 13.5. The molecule has 1 aliphatic rings. The largest absolute Gasteiger partial charge is 0.476 e. The number of nitrogens with one attached hydrogen (secondary N) is 1. The lowest BCUT2D eigenvalue weighted by Gasteiger charge is -1.99. The molecule has 0 atom stereocenters. The zero-order valence-electron chi connectivity index (χ0n) is 10.3. The van der Waals surface area contributed by atoms with Gasteiger partial charge >= 0.3 is 5.97 Å². The van der Waals surface area contributed by atoms with Crippen LogP contribution < -0.4 is 5.32 Å². The number of rotatable bonds is 5. The third-order valence-corrected chi connectivity index (χ3v) is 4.41. The summed E-state index contributed by atoms with van der Waals surface area (Å²) in [5.41, 5.74) is 1.45. The van der Waals surface area contributed by atoms with Crippen molar-refractivity contribution in [2.75, 3.05) is 0 Å². The van der Waals surface area contributed by atoms with E-state index in [-0.39, 0.29) is 5.69 Å². The molecule has 5 nitrogen and oxygen atoms in total. The van der Waals surface area contributed by atoms with E-state index in [1.807, 2.05) is 11.3 Å². The molecule has 2 N–H and O–H groups in total. The number of carboxylic acid groups (broad SMARTS) is 1. The van der Waals surface area contributed by atoms with Gasteiger partial charge in [0.15, 0.2) is 11.5 Å². The standard InChI is InChI=1S/C13H14N2O3S/c16-13(17)11-5-9(18-15-11)6-14-7-10-4-8-2-1-3-12(8)19-10/h4-5,14H,1-3,6-7H2,(H,16,17). The van der Waals surface area contributed by atoms with Crippen molar-refractivity contribution in [2.45, 2.75) is 32.4 Å². The second kappa shape index (κ2) is 5.14. The molecular weight excluding hydrogens is 264 g/mol. The molecule has 1 aliphatic carbocycles. The lowest BCUT2D eigenvalue weighted by atomic mass is 10.2. The fourth-order valence-corrected chi connectivity index (χ4v) is 3.51. The van der Waals surface area contributed by atoms with Crippen LogP contribution in [0.1, 0.15) is 38.0 Å². The molecule has 0 unspecified atom stereocenters. The van der Waals surface area contributed by atoms with E-state index in [0.717, 1.165) is 6.54 Å². The summed E-state index contributed by atoms with van der Waals surface area (Å²) in [6, 6.07) is 3.72. The molecule has 0 aliphatic heterocycles. The average molecular weight is 278 g/mol. The number of fused-ring (bicyclic) bond motifs is 1. The van der Waals surface area contributed by atoms with Crippen molar-refractivity contribution in [1.82, 2.24) is 10.5 Å². The number of carbonyl (C=O) groups is 1. The van der Waals surface area contributed by atoms with Crippen LogP contribution >= 0.6 is 11.3 Å². The van der Waals surface area contributed by atoms with Gasteiger partial charge in [0.05, 0.1) is 6.54 Å². The van der Waals surface area contributed by atoms with E-state index in [4.69, 9.17) is 9.63 Å². The molecule has 0 fully saturated rings. The Hall–Kier alpha value is -1.66. The number of hydrogen-bond donors (Lipinski definition) is 2. The Morgan fingerprint density at radius 1 is 1.42 bits per heavy atom. The highest BCUT2D eigenvalue weighted by molar-refractivity contribution is 7.12. The molecule has 2 heterocycles. The van der Waals surface area contributed by atoms with Crippen molar-refractivity contribution in [2.24, 2.45) is 0 Å². The minimum atomic E-state index is -1.07. The minimum Gasteiger partial charge on any atom is -0.476 e. The Balaban J connectivity index is 1.53. The quantitative estimate of drug-likeness (QED) is 0.877. The number of aryl methyl sites for hydroxylation is 2. The van der Waals surface area contributed by atoms with Gasteiger partial charge in [-0.25, -0.2) is 4.79 Å². The van der Waals surface area contributed by atoms with Crippen molar-refractivity contribution >= 4 is 17.3 Å². The highest BCUT2D eigenvalue weighted by atomic mass is 32.1. The van der Waals surface area contributed by atoms with Crippen molar-refractivity contribution in [3.63, 3.8) is 0 Å². The van der Waals surface area contributed by atoms with Gasteiger partial charge in [0.25, 0.3) is 0 Å². The molecule has 19 heavy (non-hydrogen) atoms. The third kappa shape index (κ3) is 2.69. The number of carboxylic acids is 1. The van der Waals surface area contributed by atoms with Crippen LogP contribution in [0.15, 0.2) is 16.7 Å². The normalized spacial score (nSPS) is 13.7. The van der Waals surface area contributed by atoms with E-state index in [9.17, 15) is 4.79 Å². The molecule has 0 saturated carbocycles. The lowest BCUT2D eigenvalue weighted by Crippen LogP contribution is -2.11. The second-order valence-corrected chi connectivity index (χ2v) is 5.82. The van der Waals surface area contributed by atoms with Crippen LogP contribution in [-0.4, -0.2) is 16.2 Å². The van der Waals surface area contributed by atoms with Crippen LogP contribution in [0.5, 0.6) is 0 Å². The smallest absolute Gasteiger partial charge is 0.358 e. The van der Waals surface area contributed by atoms with Crippen molar-refractivity contribution in [1.29, 1.82) is 0 Å². The van der Waals surface area contributed by atoms with Gasteiger partial charge in [-0.05, 0) is 30.9 Å². The maximum atomic E-state index is 10.6. The van der Waals surface area contributed by atoms with Gasteiger partial charge in [-0.3, -0.25) is 0 Å². The van der Waals surface area contributed by atoms with Gasteiger partial charge in [-0.15, -0.1) is 11.3 Å². The Bertz CT molecular complexity index is 581. The molecule has 3 rings (SSSR count). The third-order valence-electron chi connectivity index (χ3n) is 3.17. The van der Waals surface area contributed by atoms with E-state index >= 15 is 0 Å². The van der Waals surface area contributed by atoms with Gasteiger partial charge in [0, 0.05) is 22.4 Å². The van der Waals surface area contributed by atoms with Gasteiger partial charge in [0.2, 0.25) is 0 Å². The molecule has 0 radical (unpaired) electrons. The number of nitrogens with zero attached hydrogens (tertiary/aromatic N) is 1. The van der Waals surface area contributed by atoms with Crippen LogP contribution in [0.25, 0.3) is 0 Å². The number of thiophene rings is 1. The van der Waals surface area contributed by atoms with Crippen molar-refractivity contribution in [3.8, 4) is 0 Å². The molecule has 100 valence electrons. The van der Waals surface area contributed by atoms with E-state index in [1.54, 1.807) is 0 Å². The molecule has 0 amide bonds. The van der Waals surface area contributed by atoms with Gasteiger partial charge in [0.1, 0.15) is 0 Å². The zero-order chi connectivity index (χ0) is 13.2. The van der Waals surface area contributed by atoms with Crippen LogP contribution in [-0.2, 0) is 25.9 Å². The van der Waals surface area contributed by atoms with Crippen LogP contribution in [0.4, 0.5) is 0 Å². The predicted molar refractivity (Wildman–Crippen MR) is 70.4 cm³/mol. The predicted octanol–water partition coefficient (Wildman–Crippen LogP) is 2.21. The van der Waals surface area contributed by atoms with E-state index in [2.05, 4.69) is 16.5 Å². The molecule has 0 bridgehead atoms. The Morgan fingerprint density at radius 3 is 3.05 bits per heavy atom. The number of hydrogen-bond acceptors (Lipinski definition) is 5. The average Bonchev–Trinajstić information content (AvgIpc) is 3.02. The van der Waals surface area contributed by atoms with Crippen LogP contribution in [0.3, 0.4) is 0 Å². The summed E-state index contributed by atoms with van der Waals surface area (Å²) >= 11 is 1.86. The van der Waals surface area contributed by atoms with Crippen molar-refractivity contribution in [3.05, 3.63) is 38.9 Å². The number of aromatic nitrogens is 1. The van der Waals surface area contributed by atoms with Crippen LogP contribution in [0, 0.1) is 0 Å². The molecule has 2 aromatic heterocycles. The SMILES string of the molecule is O=C(O)c1cc(CNCc2cc3c(s2)CCC3)on1. The Morgan fingerprint density at radius 2 is 2.32 bits per heavy atom. The van der Waals surface area contributed by atoms with E-state index in [0.29, 0.717) is 12.3 Å². The number of aromatic carboxylic acids is 1. The Labute approximate surface area is 114 Å². The topological polar surface area (TPSA) is 75.4 Å². The Kier molecular flexibility index (Phi) is 3.35. The zero-order valence-corrected chi connectivity index (χ0v) is 11.1.